The van der Waals surface area contributed by atoms with Crippen LogP contribution in [0.2, 0.25) is 40.2 Å². The number of nitrogens with zero attached hydrogens (tertiary/aromatic N) is 14. The van der Waals surface area contributed by atoms with E-state index in [1.54, 1.807) is 151 Å². The summed E-state index contributed by atoms with van der Waals surface area (Å²) in [5.41, 5.74) is 29.8. The number of nitrogen functional groups attached to an aromatic ring is 4. The van der Waals surface area contributed by atoms with E-state index in [4.69, 9.17) is 135 Å². The van der Waals surface area contributed by atoms with Gasteiger partial charge in [-0.2, -0.15) is 20.4 Å². The van der Waals surface area contributed by atoms with Crippen LogP contribution < -0.4 is 52.5 Å². The molecule has 12 aromatic rings. The quantitative estimate of drug-likeness (QED) is 0.0174. The minimum absolute atomic E-state index is 0.0716. The number of aromatic nitrogens is 12. The van der Waals surface area contributed by atoms with Crippen molar-refractivity contribution in [2.75, 3.05) is 76.3 Å². The van der Waals surface area contributed by atoms with Crippen LogP contribution in [0.1, 0.15) is 151 Å². The Kier molecular flexibility index (Phi) is 35.7. The number of nitrogens with one attached hydrogen (secondary N) is 2. The lowest BCUT2D eigenvalue weighted by molar-refractivity contribution is -0.129. The third-order valence-electron chi connectivity index (χ3n) is 20.3. The van der Waals surface area contributed by atoms with Crippen LogP contribution in [-0.2, 0) is 33.8 Å². The Hall–Kier alpha value is -10.4. The maximum absolute atomic E-state index is 14.0. The molecule has 129 heavy (non-hydrogen) atoms. The van der Waals surface area contributed by atoms with Gasteiger partial charge in [-0.15, -0.1) is 0 Å². The summed E-state index contributed by atoms with van der Waals surface area (Å²) >= 11 is 49.2. The Balaban J connectivity index is 0.000000195. The highest BCUT2D eigenvalue weighted by Gasteiger charge is 2.34. The molecular weight excluding hydrogens is 1830 g/mol. The molecule has 8 heterocycles. The number of anilines is 4. The van der Waals surface area contributed by atoms with Gasteiger partial charge >= 0.3 is 0 Å². The summed E-state index contributed by atoms with van der Waals surface area (Å²) in [4.78, 5) is 46.8. The number of amides is 2. The highest BCUT2D eigenvalue weighted by Crippen LogP contribution is 2.43. The van der Waals surface area contributed by atoms with Gasteiger partial charge in [-0.3, -0.25) is 28.3 Å². The molecule has 0 aliphatic heterocycles. The molecule has 0 bridgehead atoms. The predicted octanol–water partition coefficient (Wildman–Crippen LogP) is 21.8. The molecule has 0 fully saturated rings. The molecule has 38 heteroatoms. The van der Waals surface area contributed by atoms with Crippen LogP contribution in [0, 0.1) is 34.6 Å². The number of hydrogen-bond donors (Lipinski definition) is 6. The van der Waals surface area contributed by atoms with Crippen molar-refractivity contribution in [1.82, 2.24) is 79.5 Å². The molecule has 0 aliphatic rings. The average molecular weight is 1940 g/mol. The van der Waals surface area contributed by atoms with Crippen LogP contribution in [0.15, 0.2) is 147 Å². The fraction of sp³-hybridized carbons (Fsp3) is 0.363. The van der Waals surface area contributed by atoms with Crippen LogP contribution in [0.25, 0.3) is 44.5 Å². The SMILES string of the molecule is CC(C)Cn1cc(-c2cnc(N)c(OC(C)c3c(Cl)ccc(F)c3Cl)c2)cn1.CC(Oc1cc(-c2cnn(C(C)(C)C(=O)NCCN(C)C)c2)cnc1N)c1c(Cl)ccc(F)c1Cl.CC(Oc1cc(-c2cnn(CC(C)(C)C)c2)cnc1N)c1c(Cl)ccc(F)c1Cl.CCN(CC)CCNC(=O)C(C)(C)n1cc(-c2cnc(N)c(OC(C)c3c(Cl)ccc(F)c3Cl)c2)cn1. The number of ether oxygens (including phenoxy) is 4. The minimum Gasteiger partial charge on any atom is -0.482 e. The molecule has 0 spiro atoms. The maximum atomic E-state index is 14.0. The Morgan fingerprint density at radius 1 is 0.411 bits per heavy atom. The van der Waals surface area contributed by atoms with Crippen LogP contribution in [0.4, 0.5) is 40.8 Å². The van der Waals surface area contributed by atoms with Gasteiger partial charge in [0.1, 0.15) is 58.8 Å². The Labute approximate surface area is 788 Å². The summed E-state index contributed by atoms with van der Waals surface area (Å²) in [5, 5.41) is 24.3. The second kappa shape index (κ2) is 45.0. The van der Waals surface area contributed by atoms with E-state index in [0.29, 0.717) is 79.5 Å². The van der Waals surface area contributed by atoms with Gasteiger partial charge in [0.25, 0.3) is 0 Å². The lowest BCUT2D eigenvalue weighted by Gasteiger charge is -2.25. The molecule has 0 radical (unpaired) electrons. The zero-order valence-electron chi connectivity index (χ0n) is 74.5. The molecule has 690 valence electrons. The lowest BCUT2D eigenvalue weighted by atomic mass is 9.97. The van der Waals surface area contributed by atoms with Gasteiger partial charge in [0.05, 0.1) is 44.9 Å². The first-order valence-corrected chi connectivity index (χ1v) is 44.1. The summed E-state index contributed by atoms with van der Waals surface area (Å²) in [6.45, 7) is 35.0. The van der Waals surface area contributed by atoms with E-state index in [0.717, 1.165) is 67.1 Å². The van der Waals surface area contributed by atoms with Gasteiger partial charge in [-0.05, 0) is 167 Å². The molecule has 2 amide bonds. The Bertz CT molecular complexity index is 5880. The second-order valence-corrected chi connectivity index (χ2v) is 36.3. The van der Waals surface area contributed by atoms with E-state index in [2.05, 4.69) is 104 Å². The lowest BCUT2D eigenvalue weighted by Crippen LogP contribution is -2.46. The largest absolute Gasteiger partial charge is 0.482 e. The summed E-state index contributed by atoms with van der Waals surface area (Å²) in [7, 11) is 3.88. The molecule has 0 aliphatic carbocycles. The van der Waals surface area contributed by atoms with Crippen molar-refractivity contribution < 1.29 is 46.1 Å². The van der Waals surface area contributed by atoms with Gasteiger partial charge < -0.3 is 62.3 Å². The highest BCUT2D eigenvalue weighted by molar-refractivity contribution is 6.38. The molecule has 4 aromatic carbocycles. The van der Waals surface area contributed by atoms with Gasteiger partial charge in [0.15, 0.2) is 46.3 Å². The van der Waals surface area contributed by atoms with Crippen molar-refractivity contribution in [2.45, 2.75) is 152 Å². The minimum atomic E-state index is -0.915. The summed E-state index contributed by atoms with van der Waals surface area (Å²) < 4.78 is 86.4. The van der Waals surface area contributed by atoms with Crippen molar-refractivity contribution in [1.29, 1.82) is 0 Å². The number of carbonyl (C=O) groups excluding carboxylic acids is 2. The normalized spacial score (nSPS) is 12.6. The summed E-state index contributed by atoms with van der Waals surface area (Å²) in [6, 6.07) is 17.5. The van der Waals surface area contributed by atoms with Crippen LogP contribution in [0.3, 0.4) is 0 Å². The van der Waals surface area contributed by atoms with Crippen molar-refractivity contribution in [2.24, 2.45) is 11.3 Å². The molecule has 12 rings (SSSR count). The zero-order chi connectivity index (χ0) is 95.0. The van der Waals surface area contributed by atoms with Crippen LogP contribution in [-0.4, -0.2) is 134 Å². The van der Waals surface area contributed by atoms with E-state index in [1.165, 1.54) is 48.5 Å². The maximum Gasteiger partial charge on any atom is 0.247 e. The number of rotatable bonds is 31. The predicted molar refractivity (Wildman–Crippen MR) is 507 cm³/mol. The topological polar surface area (TPSA) is 329 Å². The molecular formula is C91H106Cl8F4N20O6. The van der Waals surface area contributed by atoms with E-state index >= 15 is 0 Å². The molecule has 10 N–H and O–H groups in total. The van der Waals surface area contributed by atoms with Crippen molar-refractivity contribution in [3.63, 3.8) is 0 Å². The van der Waals surface area contributed by atoms with E-state index in [1.807, 2.05) is 40.8 Å². The molecule has 4 unspecified atom stereocenters. The number of carbonyl (C=O) groups is 2. The number of halogens is 12. The number of nitrogens with two attached hydrogens (primary N) is 4. The van der Waals surface area contributed by atoms with Crippen LogP contribution >= 0.6 is 92.8 Å². The zero-order valence-corrected chi connectivity index (χ0v) is 80.5. The van der Waals surface area contributed by atoms with Crippen molar-refractivity contribution in [3.8, 4) is 67.5 Å². The first-order valence-electron chi connectivity index (χ1n) is 41.0. The van der Waals surface area contributed by atoms with Gasteiger partial charge in [-0.25, -0.2) is 37.5 Å². The molecule has 0 saturated heterocycles. The number of benzene rings is 4. The summed E-state index contributed by atoms with van der Waals surface area (Å²) in [6.07, 6.45) is 18.1. The second-order valence-electron chi connectivity index (χ2n) is 33.1. The highest BCUT2D eigenvalue weighted by atomic mass is 35.5. The van der Waals surface area contributed by atoms with Gasteiger partial charge in [-0.1, -0.05) is 141 Å². The first-order chi connectivity index (χ1) is 60.7. The molecule has 0 saturated carbocycles. The fourth-order valence-electron chi connectivity index (χ4n) is 13.0. The molecule has 26 nitrogen and oxygen atoms in total. The Morgan fingerprint density at radius 3 is 0.977 bits per heavy atom. The third-order valence-corrected chi connectivity index (χ3v) is 23.2. The van der Waals surface area contributed by atoms with Crippen LogP contribution in [0.5, 0.6) is 23.0 Å². The van der Waals surface area contributed by atoms with E-state index in [9.17, 15) is 27.2 Å². The van der Waals surface area contributed by atoms with Crippen molar-refractivity contribution >= 4 is 128 Å². The summed E-state index contributed by atoms with van der Waals surface area (Å²) in [5.74, 6) is -0.102. The monoisotopic (exact) mass is 1930 g/mol. The van der Waals surface area contributed by atoms with E-state index < -0.39 is 58.8 Å². The van der Waals surface area contributed by atoms with Crippen molar-refractivity contribution in [3.05, 3.63) is 233 Å². The molecule has 8 aromatic heterocycles. The first kappa shape index (κ1) is 102. The number of pyridine rings is 4. The van der Waals surface area contributed by atoms with Gasteiger partial charge in [0.2, 0.25) is 11.8 Å². The third kappa shape index (κ3) is 26.7. The number of hydrogen-bond acceptors (Lipinski definition) is 20. The standard InChI is InChI=1S/C26H33Cl2FN6O2.C24H29Cl2FN6O2.C21H23Cl2FN4O.C20H21Cl2FN4O/c1-6-34(7-2)11-10-31-25(36)26(4,5)35-15-18(14-33-35)17-12-21(24(30)32-13-17)37-16(3)22-19(27)8-9-20(29)23(22)28;1-14(20-17(25)6-7-18(27)21(20)26)35-19-10-15(11-30-22(19)28)16-12-31-33(13-16)24(2,3)23(34)29-8-9-32(4)5;1-12(18-15(22)5-6-16(24)19(18)23)29-17-7-13(8-26-20(17)25)14-9-27-28(10-14)11-21(2,3)4;1-11(2)9-27-10-14(8-26-27)13-6-17(20(24)25-7-13)28-12(3)18-15(21)4-5-16(23)19(18)22/h8-9,12-16H,6-7,10-11H2,1-5H3,(H2,30,32)(H,31,36);6-7,10-14H,8-9H2,1-5H3,(H2,28,30)(H,29,34);5-10,12H,11H2,1-4H3,(H2,25,26);4-8,10-12H,9H2,1-3H3,(H2,24,25). The average Bonchev–Trinajstić information content (AvgIpc) is 1.54. The fourth-order valence-corrected chi connectivity index (χ4v) is 15.7. The van der Waals surface area contributed by atoms with E-state index in [-0.39, 0.29) is 82.1 Å². The Morgan fingerprint density at radius 2 is 0.690 bits per heavy atom. The smallest absolute Gasteiger partial charge is 0.247 e. The molecule has 4 atom stereocenters. The number of likely N-dealkylation sites (N-methyl/N-ethyl adjacent to an activating group) is 2. The van der Waals surface area contributed by atoms with Gasteiger partial charge in [0, 0.05) is 176 Å².